The van der Waals surface area contributed by atoms with Crippen molar-refractivity contribution < 1.29 is 14.3 Å². The Morgan fingerprint density at radius 2 is 1.95 bits per heavy atom. The molecule has 1 aromatic heterocycles. The van der Waals surface area contributed by atoms with E-state index < -0.39 is 0 Å². The van der Waals surface area contributed by atoms with Crippen LogP contribution in [0.15, 0.2) is 42.5 Å². The average molecular weight is 300 g/mol. The number of aryl methyl sites for hydroxylation is 1. The van der Waals surface area contributed by atoms with E-state index in [9.17, 15) is 4.79 Å². The van der Waals surface area contributed by atoms with Gasteiger partial charge in [0.25, 0.3) is 5.91 Å². The van der Waals surface area contributed by atoms with Crippen LogP contribution in [0.3, 0.4) is 0 Å². The predicted molar refractivity (Wildman–Crippen MR) is 84.0 cm³/mol. The van der Waals surface area contributed by atoms with Crippen LogP contribution >= 0.6 is 0 Å². The molecule has 0 radical (unpaired) electrons. The fraction of sp³-hybridized carbons (Fsp3) is 0.294. The van der Waals surface area contributed by atoms with Crippen LogP contribution < -0.4 is 10.1 Å². The zero-order valence-electron chi connectivity index (χ0n) is 12.8. The highest BCUT2D eigenvalue weighted by molar-refractivity contribution is 5.96. The van der Waals surface area contributed by atoms with Crippen LogP contribution in [0, 0.1) is 6.92 Å². The number of aromatic nitrogens is 1. The molecule has 0 saturated carbocycles. The Morgan fingerprint density at radius 3 is 2.73 bits per heavy atom. The Morgan fingerprint density at radius 1 is 1.14 bits per heavy atom. The van der Waals surface area contributed by atoms with Crippen molar-refractivity contribution in [2.75, 3.05) is 20.3 Å². The largest absolute Gasteiger partial charge is 0.490 e. The molecule has 1 heterocycles. The van der Waals surface area contributed by atoms with Crippen molar-refractivity contribution in [1.29, 1.82) is 0 Å². The first-order valence-corrected chi connectivity index (χ1v) is 7.12. The molecular weight excluding hydrogens is 280 g/mol. The SMILES string of the molecule is COCCOc1ccccc1C(=O)NCc1cccc(C)n1. The van der Waals surface area contributed by atoms with Gasteiger partial charge in [-0.05, 0) is 31.2 Å². The van der Waals surface area contributed by atoms with Gasteiger partial charge in [-0.15, -0.1) is 0 Å². The van der Waals surface area contributed by atoms with Gasteiger partial charge >= 0.3 is 0 Å². The van der Waals surface area contributed by atoms with Crippen LogP contribution in [0.4, 0.5) is 0 Å². The van der Waals surface area contributed by atoms with Crippen molar-refractivity contribution in [3.63, 3.8) is 0 Å². The molecule has 1 amide bonds. The summed E-state index contributed by atoms with van der Waals surface area (Å²) in [6, 6.07) is 12.9. The third-order valence-electron chi connectivity index (χ3n) is 3.05. The molecule has 116 valence electrons. The molecule has 0 saturated heterocycles. The maximum Gasteiger partial charge on any atom is 0.255 e. The topological polar surface area (TPSA) is 60.5 Å². The van der Waals surface area contributed by atoms with E-state index in [0.29, 0.717) is 31.1 Å². The van der Waals surface area contributed by atoms with Gasteiger partial charge in [0.1, 0.15) is 12.4 Å². The third kappa shape index (κ3) is 4.56. The molecule has 0 unspecified atom stereocenters. The van der Waals surface area contributed by atoms with E-state index in [0.717, 1.165) is 11.4 Å². The molecule has 0 atom stereocenters. The summed E-state index contributed by atoms with van der Waals surface area (Å²) in [5, 5.41) is 2.86. The summed E-state index contributed by atoms with van der Waals surface area (Å²) >= 11 is 0. The molecule has 1 aromatic carbocycles. The van der Waals surface area contributed by atoms with Crippen LogP contribution in [-0.4, -0.2) is 31.2 Å². The van der Waals surface area contributed by atoms with Crippen LogP contribution in [0.1, 0.15) is 21.7 Å². The molecule has 5 nitrogen and oxygen atoms in total. The van der Waals surface area contributed by atoms with E-state index >= 15 is 0 Å². The summed E-state index contributed by atoms with van der Waals surface area (Å²) < 4.78 is 10.5. The molecule has 1 N–H and O–H groups in total. The van der Waals surface area contributed by atoms with Gasteiger partial charge in [0.15, 0.2) is 0 Å². The lowest BCUT2D eigenvalue weighted by Crippen LogP contribution is -2.24. The molecule has 0 bridgehead atoms. The number of hydrogen-bond acceptors (Lipinski definition) is 4. The second-order valence-electron chi connectivity index (χ2n) is 4.79. The molecule has 2 rings (SSSR count). The lowest BCUT2D eigenvalue weighted by molar-refractivity contribution is 0.0942. The van der Waals surface area contributed by atoms with Crippen molar-refractivity contribution >= 4 is 5.91 Å². The molecule has 0 aliphatic carbocycles. The highest BCUT2D eigenvalue weighted by Crippen LogP contribution is 2.17. The molecule has 5 heteroatoms. The summed E-state index contributed by atoms with van der Waals surface area (Å²) in [5.41, 5.74) is 2.26. The molecule has 0 fully saturated rings. The fourth-order valence-corrected chi connectivity index (χ4v) is 1.98. The number of hydrogen-bond donors (Lipinski definition) is 1. The highest BCUT2D eigenvalue weighted by Gasteiger charge is 2.11. The van der Waals surface area contributed by atoms with E-state index in [1.54, 1.807) is 19.2 Å². The number of pyridine rings is 1. The van der Waals surface area contributed by atoms with Gasteiger partial charge in [0.05, 0.1) is 24.4 Å². The minimum Gasteiger partial charge on any atom is -0.490 e. The first-order valence-electron chi connectivity index (χ1n) is 7.12. The standard InChI is InChI=1S/C17H20N2O3/c1-13-6-5-7-14(19-13)12-18-17(20)15-8-3-4-9-16(15)22-11-10-21-2/h3-9H,10-12H2,1-2H3,(H,18,20). The van der Waals surface area contributed by atoms with Gasteiger partial charge in [-0.1, -0.05) is 18.2 Å². The Bertz CT molecular complexity index is 629. The van der Waals surface area contributed by atoms with E-state index in [1.807, 2.05) is 37.3 Å². The first kappa shape index (κ1) is 16.0. The number of carbonyl (C=O) groups is 1. The summed E-state index contributed by atoms with van der Waals surface area (Å²) in [7, 11) is 1.61. The van der Waals surface area contributed by atoms with Crippen LogP contribution in [0.25, 0.3) is 0 Å². The normalized spacial score (nSPS) is 10.3. The van der Waals surface area contributed by atoms with Gasteiger partial charge in [-0.3, -0.25) is 9.78 Å². The van der Waals surface area contributed by atoms with E-state index in [2.05, 4.69) is 10.3 Å². The van der Waals surface area contributed by atoms with Gasteiger partial charge in [-0.2, -0.15) is 0 Å². The molecular formula is C17H20N2O3. The fourth-order valence-electron chi connectivity index (χ4n) is 1.98. The number of carbonyl (C=O) groups excluding carboxylic acids is 1. The highest BCUT2D eigenvalue weighted by atomic mass is 16.5. The maximum atomic E-state index is 12.3. The maximum absolute atomic E-state index is 12.3. The van der Waals surface area contributed by atoms with Gasteiger partial charge < -0.3 is 14.8 Å². The summed E-state index contributed by atoms with van der Waals surface area (Å²) in [6.45, 7) is 3.18. The monoisotopic (exact) mass is 300 g/mol. The number of para-hydroxylation sites is 1. The Hall–Kier alpha value is -2.40. The number of methoxy groups -OCH3 is 1. The smallest absolute Gasteiger partial charge is 0.255 e. The molecule has 0 spiro atoms. The minimum atomic E-state index is -0.184. The van der Waals surface area contributed by atoms with Crippen molar-refractivity contribution in [1.82, 2.24) is 10.3 Å². The van der Waals surface area contributed by atoms with Crippen molar-refractivity contribution in [2.45, 2.75) is 13.5 Å². The predicted octanol–water partition coefficient (Wildman–Crippen LogP) is 2.35. The first-order chi connectivity index (χ1) is 10.7. The number of rotatable bonds is 7. The average Bonchev–Trinajstić information content (AvgIpc) is 2.53. The van der Waals surface area contributed by atoms with Crippen molar-refractivity contribution in [2.24, 2.45) is 0 Å². The zero-order chi connectivity index (χ0) is 15.8. The lowest BCUT2D eigenvalue weighted by atomic mass is 10.2. The molecule has 0 aliphatic rings. The van der Waals surface area contributed by atoms with E-state index in [1.165, 1.54) is 0 Å². The minimum absolute atomic E-state index is 0.184. The second-order valence-corrected chi connectivity index (χ2v) is 4.79. The number of nitrogens with one attached hydrogen (secondary N) is 1. The van der Waals surface area contributed by atoms with Crippen LogP contribution in [-0.2, 0) is 11.3 Å². The van der Waals surface area contributed by atoms with Gasteiger partial charge in [0, 0.05) is 12.8 Å². The Balaban J connectivity index is 2.00. The summed E-state index contributed by atoms with van der Waals surface area (Å²) in [4.78, 5) is 16.7. The van der Waals surface area contributed by atoms with Gasteiger partial charge in [0.2, 0.25) is 0 Å². The van der Waals surface area contributed by atoms with E-state index in [-0.39, 0.29) is 5.91 Å². The van der Waals surface area contributed by atoms with Crippen molar-refractivity contribution in [3.8, 4) is 5.75 Å². The lowest BCUT2D eigenvalue weighted by Gasteiger charge is -2.11. The molecule has 2 aromatic rings. The Kier molecular flexibility index (Phi) is 5.91. The molecule has 22 heavy (non-hydrogen) atoms. The second kappa shape index (κ2) is 8.14. The quantitative estimate of drug-likeness (QED) is 0.797. The number of amides is 1. The number of ether oxygens (including phenoxy) is 2. The van der Waals surface area contributed by atoms with Crippen LogP contribution in [0.5, 0.6) is 5.75 Å². The zero-order valence-corrected chi connectivity index (χ0v) is 12.8. The molecule has 0 aliphatic heterocycles. The number of benzene rings is 1. The van der Waals surface area contributed by atoms with Crippen LogP contribution in [0.2, 0.25) is 0 Å². The number of nitrogens with zero attached hydrogens (tertiary/aromatic N) is 1. The Labute approximate surface area is 130 Å². The van der Waals surface area contributed by atoms with Crippen molar-refractivity contribution in [3.05, 3.63) is 59.4 Å². The summed E-state index contributed by atoms with van der Waals surface area (Å²) in [6.07, 6.45) is 0. The third-order valence-corrected chi connectivity index (χ3v) is 3.05. The van der Waals surface area contributed by atoms with Gasteiger partial charge in [-0.25, -0.2) is 0 Å². The van der Waals surface area contributed by atoms with E-state index in [4.69, 9.17) is 9.47 Å². The summed E-state index contributed by atoms with van der Waals surface area (Å²) in [5.74, 6) is 0.366.